The molecule has 1 aliphatic rings. The maximum Gasteiger partial charge on any atom is 0.338 e. The van der Waals surface area contributed by atoms with E-state index in [0.29, 0.717) is 5.69 Å². The van der Waals surface area contributed by atoms with E-state index in [1.807, 2.05) is 19.1 Å². The number of ether oxygens (including phenoxy) is 1. The molecule has 0 heterocycles. The standard InChI is InChI=1S/C19H20N2O5S/c1-13-4-2-3-5-17(13)20-18(22)12-26-19(23)14-6-10-16(11-7-14)27(24,25)21-15-8-9-15/h2-7,10-11,15,21H,8-9,12H2,1H3,(H,20,22). The van der Waals surface area contributed by atoms with Crippen molar-refractivity contribution in [1.29, 1.82) is 0 Å². The SMILES string of the molecule is Cc1ccccc1NC(=O)COC(=O)c1ccc(S(=O)(=O)NC2CC2)cc1. The lowest BCUT2D eigenvalue weighted by Crippen LogP contribution is -2.25. The van der Waals surface area contributed by atoms with Crippen molar-refractivity contribution in [2.75, 3.05) is 11.9 Å². The Bertz CT molecular complexity index is 950. The highest BCUT2D eigenvalue weighted by Gasteiger charge is 2.28. The molecule has 0 aliphatic heterocycles. The Hall–Kier alpha value is -2.71. The number of hydrogen-bond acceptors (Lipinski definition) is 5. The maximum absolute atomic E-state index is 12.1. The Morgan fingerprint density at radius 3 is 2.37 bits per heavy atom. The highest BCUT2D eigenvalue weighted by molar-refractivity contribution is 7.89. The molecule has 0 bridgehead atoms. The number of hydrogen-bond donors (Lipinski definition) is 2. The second-order valence-corrected chi connectivity index (χ2v) is 8.07. The first-order chi connectivity index (χ1) is 12.8. The van der Waals surface area contributed by atoms with Crippen LogP contribution in [0.4, 0.5) is 5.69 Å². The van der Waals surface area contributed by atoms with Crippen LogP contribution in [0.3, 0.4) is 0 Å². The van der Waals surface area contributed by atoms with Crippen molar-refractivity contribution >= 4 is 27.6 Å². The summed E-state index contributed by atoms with van der Waals surface area (Å²) < 4.78 is 31.8. The number of carbonyl (C=O) groups excluding carboxylic acids is 2. The molecule has 8 heteroatoms. The number of esters is 1. The van der Waals surface area contributed by atoms with E-state index in [0.717, 1.165) is 18.4 Å². The van der Waals surface area contributed by atoms with Gasteiger partial charge >= 0.3 is 5.97 Å². The number of benzene rings is 2. The van der Waals surface area contributed by atoms with Crippen molar-refractivity contribution in [3.8, 4) is 0 Å². The number of rotatable bonds is 7. The van der Waals surface area contributed by atoms with Crippen LogP contribution in [0.15, 0.2) is 53.4 Å². The fourth-order valence-corrected chi connectivity index (χ4v) is 3.68. The summed E-state index contributed by atoms with van der Waals surface area (Å²) in [5.74, 6) is -1.15. The topological polar surface area (TPSA) is 102 Å². The molecule has 142 valence electrons. The second-order valence-electron chi connectivity index (χ2n) is 6.36. The van der Waals surface area contributed by atoms with Crippen molar-refractivity contribution in [2.24, 2.45) is 0 Å². The highest BCUT2D eigenvalue weighted by Crippen LogP contribution is 2.22. The van der Waals surface area contributed by atoms with Gasteiger partial charge in [0.05, 0.1) is 10.5 Å². The summed E-state index contributed by atoms with van der Waals surface area (Å²) in [6, 6.07) is 12.7. The molecular formula is C19H20N2O5S. The molecule has 0 atom stereocenters. The minimum absolute atomic E-state index is 0.00593. The van der Waals surface area contributed by atoms with Crippen molar-refractivity contribution in [1.82, 2.24) is 4.72 Å². The molecule has 0 spiro atoms. The van der Waals surface area contributed by atoms with Gasteiger partial charge in [0.2, 0.25) is 10.0 Å². The van der Waals surface area contributed by atoms with Crippen molar-refractivity contribution in [3.05, 3.63) is 59.7 Å². The quantitative estimate of drug-likeness (QED) is 0.708. The van der Waals surface area contributed by atoms with Crippen LogP contribution in [-0.4, -0.2) is 32.9 Å². The lowest BCUT2D eigenvalue weighted by Gasteiger charge is -2.09. The summed E-state index contributed by atoms with van der Waals surface area (Å²) >= 11 is 0. The van der Waals surface area contributed by atoms with Crippen molar-refractivity contribution < 1.29 is 22.7 Å². The molecule has 0 radical (unpaired) electrons. The molecule has 1 amide bonds. The predicted molar refractivity (Wildman–Crippen MR) is 99.9 cm³/mol. The van der Waals surface area contributed by atoms with Gasteiger partial charge in [-0.3, -0.25) is 4.79 Å². The average Bonchev–Trinajstić information content (AvgIpc) is 3.45. The summed E-state index contributed by atoms with van der Waals surface area (Å²) in [4.78, 5) is 24.1. The third-order valence-corrected chi connectivity index (χ3v) is 5.59. The summed E-state index contributed by atoms with van der Waals surface area (Å²) in [7, 11) is -3.57. The Kier molecular flexibility index (Phi) is 5.57. The van der Waals surface area contributed by atoms with E-state index in [4.69, 9.17) is 4.74 Å². The molecule has 7 nitrogen and oxygen atoms in total. The van der Waals surface area contributed by atoms with Crippen LogP contribution in [0, 0.1) is 6.92 Å². The number of para-hydroxylation sites is 1. The number of carbonyl (C=O) groups is 2. The van der Waals surface area contributed by atoms with Gasteiger partial charge in [-0.05, 0) is 55.7 Å². The van der Waals surface area contributed by atoms with Crippen LogP contribution in [-0.2, 0) is 19.6 Å². The van der Waals surface area contributed by atoms with E-state index >= 15 is 0 Å². The average molecular weight is 388 g/mol. The lowest BCUT2D eigenvalue weighted by atomic mass is 10.2. The van der Waals surface area contributed by atoms with Gasteiger partial charge in [-0.25, -0.2) is 17.9 Å². The molecule has 3 rings (SSSR count). The summed E-state index contributed by atoms with van der Waals surface area (Å²) in [6.07, 6.45) is 1.68. The number of sulfonamides is 1. The molecule has 0 unspecified atom stereocenters. The first kappa shape index (κ1) is 19.1. The van der Waals surface area contributed by atoms with Gasteiger partial charge in [0, 0.05) is 11.7 Å². The van der Waals surface area contributed by atoms with Crippen LogP contribution in [0.1, 0.15) is 28.8 Å². The fraction of sp³-hybridized carbons (Fsp3) is 0.263. The Morgan fingerprint density at radius 2 is 1.74 bits per heavy atom. The van der Waals surface area contributed by atoms with Crippen LogP contribution >= 0.6 is 0 Å². The van der Waals surface area contributed by atoms with Crippen molar-refractivity contribution in [2.45, 2.75) is 30.7 Å². The summed E-state index contributed by atoms with van der Waals surface area (Å²) in [5.41, 5.74) is 1.72. The normalized spacial score (nSPS) is 13.8. The van der Waals surface area contributed by atoms with Crippen LogP contribution in [0.5, 0.6) is 0 Å². The summed E-state index contributed by atoms with van der Waals surface area (Å²) in [5, 5.41) is 2.67. The lowest BCUT2D eigenvalue weighted by molar-refractivity contribution is -0.119. The second kappa shape index (κ2) is 7.89. The van der Waals surface area contributed by atoms with Crippen molar-refractivity contribution in [3.63, 3.8) is 0 Å². The van der Waals surface area contributed by atoms with Gasteiger partial charge in [0.15, 0.2) is 6.61 Å². The van der Waals surface area contributed by atoms with E-state index < -0.39 is 28.5 Å². The first-order valence-electron chi connectivity index (χ1n) is 8.50. The van der Waals surface area contributed by atoms with Gasteiger partial charge in [-0.2, -0.15) is 0 Å². The minimum Gasteiger partial charge on any atom is -0.452 e. The molecule has 1 fully saturated rings. The Labute approximate surface area is 157 Å². The number of nitrogens with one attached hydrogen (secondary N) is 2. The predicted octanol–water partition coefficient (Wildman–Crippen LogP) is 2.23. The van der Waals surface area contributed by atoms with Crippen LogP contribution in [0.2, 0.25) is 0 Å². The highest BCUT2D eigenvalue weighted by atomic mass is 32.2. The van der Waals surface area contributed by atoms with Crippen LogP contribution < -0.4 is 10.0 Å². The van der Waals surface area contributed by atoms with E-state index in [9.17, 15) is 18.0 Å². The molecule has 0 aromatic heterocycles. The van der Waals surface area contributed by atoms with E-state index in [1.165, 1.54) is 24.3 Å². The third-order valence-electron chi connectivity index (χ3n) is 4.05. The molecule has 2 N–H and O–H groups in total. The molecule has 2 aromatic carbocycles. The fourth-order valence-electron chi connectivity index (χ4n) is 2.37. The smallest absolute Gasteiger partial charge is 0.338 e. The number of anilines is 1. The van der Waals surface area contributed by atoms with E-state index in [-0.39, 0.29) is 16.5 Å². The first-order valence-corrected chi connectivity index (χ1v) is 9.98. The third kappa shape index (κ3) is 5.15. The van der Waals surface area contributed by atoms with Gasteiger partial charge in [-0.1, -0.05) is 18.2 Å². The van der Waals surface area contributed by atoms with Gasteiger partial charge in [0.25, 0.3) is 5.91 Å². The summed E-state index contributed by atoms with van der Waals surface area (Å²) in [6.45, 7) is 1.42. The molecular weight excluding hydrogens is 368 g/mol. The van der Waals surface area contributed by atoms with E-state index in [1.54, 1.807) is 12.1 Å². The maximum atomic E-state index is 12.1. The number of aryl methyl sites for hydroxylation is 1. The van der Waals surface area contributed by atoms with Gasteiger partial charge in [0.1, 0.15) is 0 Å². The minimum atomic E-state index is -3.57. The molecule has 27 heavy (non-hydrogen) atoms. The molecule has 0 saturated heterocycles. The molecule has 1 aliphatic carbocycles. The largest absolute Gasteiger partial charge is 0.452 e. The molecule has 1 saturated carbocycles. The zero-order valence-electron chi connectivity index (χ0n) is 14.8. The van der Waals surface area contributed by atoms with Gasteiger partial charge in [-0.15, -0.1) is 0 Å². The Balaban J connectivity index is 1.55. The monoisotopic (exact) mass is 388 g/mol. The van der Waals surface area contributed by atoms with E-state index in [2.05, 4.69) is 10.0 Å². The zero-order chi connectivity index (χ0) is 19.4. The van der Waals surface area contributed by atoms with Crippen LogP contribution in [0.25, 0.3) is 0 Å². The Morgan fingerprint density at radius 1 is 1.07 bits per heavy atom. The van der Waals surface area contributed by atoms with Gasteiger partial charge < -0.3 is 10.1 Å². The zero-order valence-corrected chi connectivity index (χ0v) is 15.6. The number of amides is 1. The molecule has 2 aromatic rings.